The predicted molar refractivity (Wildman–Crippen MR) is 99.6 cm³/mol. The lowest BCUT2D eigenvalue weighted by molar-refractivity contribution is 0.385. The van der Waals surface area contributed by atoms with Gasteiger partial charge in [0, 0.05) is 16.3 Å². The van der Waals surface area contributed by atoms with Gasteiger partial charge in [-0.15, -0.1) is 22.6 Å². The van der Waals surface area contributed by atoms with Gasteiger partial charge in [0.2, 0.25) is 5.89 Å². The lowest BCUT2D eigenvalue weighted by atomic mass is 10.1. The molecule has 0 fully saturated rings. The van der Waals surface area contributed by atoms with E-state index in [1.54, 1.807) is 12.1 Å². The second kappa shape index (κ2) is 9.20. The van der Waals surface area contributed by atoms with Crippen molar-refractivity contribution in [2.24, 2.45) is 5.73 Å². The second-order valence-corrected chi connectivity index (χ2v) is 6.53. The molecule has 8 heteroatoms. The molecule has 0 saturated carbocycles. The summed E-state index contributed by atoms with van der Waals surface area (Å²) in [5, 5.41) is 8.65. The van der Waals surface area contributed by atoms with Gasteiger partial charge in [0.1, 0.15) is 5.82 Å². The van der Waals surface area contributed by atoms with Crippen molar-refractivity contribution < 1.29 is 8.81 Å². The number of nitrogens with zero attached hydrogens (tertiary/aromatic N) is 2. The molecule has 0 spiro atoms. The van der Waals surface area contributed by atoms with Crippen molar-refractivity contribution in [3.63, 3.8) is 0 Å². The molecule has 0 aliphatic rings. The third kappa shape index (κ3) is 5.19. The van der Waals surface area contributed by atoms with Crippen molar-refractivity contribution in [2.45, 2.75) is 23.4 Å². The summed E-state index contributed by atoms with van der Waals surface area (Å²) in [6, 6.07) is 14.0. The Hall–Kier alpha value is -1.60. The predicted octanol–water partition coefficient (Wildman–Crippen LogP) is 4.82. The molecule has 1 unspecified atom stereocenters. The molecule has 0 bridgehead atoms. The van der Waals surface area contributed by atoms with Gasteiger partial charge in [-0.3, -0.25) is 0 Å². The average Bonchev–Trinajstić information content (AvgIpc) is 3.04. The fourth-order valence-electron chi connectivity index (χ4n) is 2.19. The molecule has 3 aromatic rings. The van der Waals surface area contributed by atoms with Crippen LogP contribution in [0.5, 0.6) is 0 Å². The van der Waals surface area contributed by atoms with E-state index in [1.807, 2.05) is 30.3 Å². The Morgan fingerprint density at radius 1 is 1.12 bits per heavy atom. The highest BCUT2D eigenvalue weighted by atomic mass is 35.5. The van der Waals surface area contributed by atoms with Crippen LogP contribution in [0, 0.1) is 5.82 Å². The van der Waals surface area contributed by atoms with Gasteiger partial charge in [0.25, 0.3) is 5.22 Å². The smallest absolute Gasteiger partial charge is 0.276 e. The third-order valence-electron chi connectivity index (χ3n) is 3.44. The van der Waals surface area contributed by atoms with Gasteiger partial charge in [-0.2, -0.15) is 0 Å². The van der Waals surface area contributed by atoms with Gasteiger partial charge in [0.05, 0.1) is 6.04 Å². The Morgan fingerprint density at radius 2 is 1.88 bits per heavy atom. The Morgan fingerprint density at radius 3 is 2.60 bits per heavy atom. The zero-order chi connectivity index (χ0) is 16.9. The fourth-order valence-corrected chi connectivity index (χ4v) is 3.30. The lowest BCUT2D eigenvalue weighted by Gasteiger charge is -2.06. The van der Waals surface area contributed by atoms with E-state index in [9.17, 15) is 4.39 Å². The number of rotatable bonds is 6. The highest BCUT2D eigenvalue weighted by molar-refractivity contribution is 7.98. The van der Waals surface area contributed by atoms with E-state index < -0.39 is 0 Å². The standard InChI is InChI=1S/C17H15ClFN3OS.ClH/c18-13-7-4-8-14(19)12(13)10-24-17-22-21-16(23-17)15(20)9-11-5-2-1-3-6-11;/h1-8,15H,9-10,20H2;1H. The Bertz CT molecular complexity index is 796. The van der Waals surface area contributed by atoms with Crippen molar-refractivity contribution in [1.29, 1.82) is 0 Å². The van der Waals surface area contributed by atoms with Gasteiger partial charge in [-0.25, -0.2) is 4.39 Å². The van der Waals surface area contributed by atoms with E-state index in [4.69, 9.17) is 21.8 Å². The SMILES string of the molecule is Cl.NC(Cc1ccccc1)c1nnc(SCc2c(F)cccc2Cl)o1. The molecule has 1 aromatic heterocycles. The summed E-state index contributed by atoms with van der Waals surface area (Å²) in [5.74, 6) is 0.317. The normalized spacial score (nSPS) is 11.8. The first-order chi connectivity index (χ1) is 11.6. The summed E-state index contributed by atoms with van der Waals surface area (Å²) in [4.78, 5) is 0. The highest BCUT2D eigenvalue weighted by Crippen LogP contribution is 2.28. The molecule has 25 heavy (non-hydrogen) atoms. The van der Waals surface area contributed by atoms with Crippen molar-refractivity contribution in [2.75, 3.05) is 0 Å². The molecule has 1 atom stereocenters. The third-order valence-corrected chi connectivity index (χ3v) is 4.64. The molecule has 0 saturated heterocycles. The molecular formula is C17H16Cl2FN3OS. The molecule has 0 amide bonds. The van der Waals surface area contributed by atoms with Crippen LogP contribution in [-0.4, -0.2) is 10.2 Å². The zero-order valence-electron chi connectivity index (χ0n) is 13.1. The van der Waals surface area contributed by atoms with E-state index in [0.717, 1.165) is 5.56 Å². The van der Waals surface area contributed by atoms with Crippen LogP contribution in [-0.2, 0) is 12.2 Å². The van der Waals surface area contributed by atoms with E-state index in [1.165, 1.54) is 17.8 Å². The number of benzene rings is 2. The number of thioether (sulfide) groups is 1. The van der Waals surface area contributed by atoms with Crippen LogP contribution in [0.1, 0.15) is 23.1 Å². The molecule has 0 aliphatic heterocycles. The molecule has 3 rings (SSSR count). The maximum atomic E-state index is 13.7. The second-order valence-electron chi connectivity index (χ2n) is 5.19. The summed E-state index contributed by atoms with van der Waals surface area (Å²) in [7, 11) is 0. The summed E-state index contributed by atoms with van der Waals surface area (Å²) in [5.41, 5.74) is 7.62. The number of halogens is 3. The maximum Gasteiger partial charge on any atom is 0.276 e. The van der Waals surface area contributed by atoms with E-state index >= 15 is 0 Å². The van der Waals surface area contributed by atoms with Crippen LogP contribution in [0.3, 0.4) is 0 Å². The lowest BCUT2D eigenvalue weighted by Crippen LogP contribution is -2.13. The minimum Gasteiger partial charge on any atom is -0.414 e. The van der Waals surface area contributed by atoms with Gasteiger partial charge in [-0.1, -0.05) is 59.8 Å². The van der Waals surface area contributed by atoms with Crippen molar-refractivity contribution in [1.82, 2.24) is 10.2 Å². The summed E-state index contributed by atoms with van der Waals surface area (Å²) >= 11 is 7.23. The molecule has 0 radical (unpaired) electrons. The maximum absolute atomic E-state index is 13.7. The molecule has 0 aliphatic carbocycles. The summed E-state index contributed by atoms with van der Waals surface area (Å²) in [6.07, 6.45) is 0.603. The van der Waals surface area contributed by atoms with Gasteiger partial charge in [0.15, 0.2) is 0 Å². The Balaban J connectivity index is 0.00000225. The zero-order valence-corrected chi connectivity index (χ0v) is 15.5. The Kier molecular flexibility index (Phi) is 7.25. The van der Waals surface area contributed by atoms with Crippen LogP contribution >= 0.6 is 35.8 Å². The van der Waals surface area contributed by atoms with Crippen molar-refractivity contribution >= 4 is 35.8 Å². The summed E-state index contributed by atoms with van der Waals surface area (Å²) < 4.78 is 19.3. The van der Waals surface area contributed by atoms with Crippen LogP contribution in [0.4, 0.5) is 4.39 Å². The first-order valence-corrected chi connectivity index (χ1v) is 8.68. The van der Waals surface area contributed by atoms with Crippen LogP contribution < -0.4 is 5.73 Å². The number of hydrogen-bond donors (Lipinski definition) is 1. The van der Waals surface area contributed by atoms with E-state index in [2.05, 4.69) is 10.2 Å². The first kappa shape index (κ1) is 19.7. The number of hydrogen-bond acceptors (Lipinski definition) is 5. The Labute approximate surface area is 160 Å². The number of aromatic nitrogens is 2. The fraction of sp³-hybridized carbons (Fsp3) is 0.176. The first-order valence-electron chi connectivity index (χ1n) is 7.32. The molecule has 2 aromatic carbocycles. The minimum atomic E-state index is -0.383. The molecular weight excluding hydrogens is 384 g/mol. The van der Waals surface area contributed by atoms with Crippen LogP contribution in [0.25, 0.3) is 0 Å². The van der Waals surface area contributed by atoms with Crippen LogP contribution in [0.15, 0.2) is 58.2 Å². The highest BCUT2D eigenvalue weighted by Gasteiger charge is 2.16. The van der Waals surface area contributed by atoms with Crippen molar-refractivity contribution in [3.05, 3.63) is 76.4 Å². The molecule has 2 N–H and O–H groups in total. The van der Waals surface area contributed by atoms with Gasteiger partial charge >= 0.3 is 0 Å². The minimum absolute atomic E-state index is 0. The summed E-state index contributed by atoms with van der Waals surface area (Å²) in [6.45, 7) is 0. The molecule has 1 heterocycles. The van der Waals surface area contributed by atoms with Crippen LogP contribution in [0.2, 0.25) is 5.02 Å². The topological polar surface area (TPSA) is 64.9 Å². The van der Waals surface area contributed by atoms with Gasteiger partial charge in [-0.05, 0) is 24.1 Å². The van der Waals surface area contributed by atoms with Crippen molar-refractivity contribution in [3.8, 4) is 0 Å². The largest absolute Gasteiger partial charge is 0.414 e. The van der Waals surface area contributed by atoms with Gasteiger partial charge < -0.3 is 10.2 Å². The van der Waals surface area contributed by atoms with E-state index in [-0.39, 0.29) is 24.3 Å². The quantitative estimate of drug-likeness (QED) is 0.601. The number of nitrogens with two attached hydrogens (primary N) is 1. The average molecular weight is 400 g/mol. The monoisotopic (exact) mass is 399 g/mol. The molecule has 4 nitrogen and oxygen atoms in total. The van der Waals surface area contributed by atoms with E-state index in [0.29, 0.717) is 33.9 Å². The molecule has 132 valence electrons.